The Bertz CT molecular complexity index is 1780. The minimum Gasteiger partial charge on any atom is -0.478 e. The Morgan fingerprint density at radius 3 is 2.58 bits per heavy atom. The van der Waals surface area contributed by atoms with Crippen LogP contribution >= 0.6 is 11.3 Å². The molecule has 192 valence electrons. The van der Waals surface area contributed by atoms with E-state index in [1.54, 1.807) is 57.2 Å². The van der Waals surface area contributed by atoms with Crippen LogP contribution in [0, 0.1) is 6.92 Å². The first kappa shape index (κ1) is 25.2. The number of benzene rings is 2. The standard InChI is InChI=1S/C29H24N2O6S/c1-4-36-28(35)24-17(3)30-29-31(25(24)18-10-6-5-7-11-18)26(32)22(38-29)15-19-13-14-21(37-19)20-12-8-9-16(2)23(20)27(33)34/h5-15,25H,4H2,1-3H3,(H,33,34)/b22-15+/t25-/m0/s1. The van der Waals surface area contributed by atoms with Gasteiger partial charge in [-0.25, -0.2) is 14.6 Å². The first-order valence-corrected chi connectivity index (χ1v) is 12.8. The van der Waals surface area contributed by atoms with Gasteiger partial charge >= 0.3 is 11.9 Å². The first-order valence-electron chi connectivity index (χ1n) is 12.0. The van der Waals surface area contributed by atoms with Crippen LogP contribution in [0.3, 0.4) is 0 Å². The molecule has 0 bridgehead atoms. The highest BCUT2D eigenvalue weighted by Gasteiger charge is 2.33. The van der Waals surface area contributed by atoms with Crippen molar-refractivity contribution in [3.8, 4) is 11.3 Å². The quantitative estimate of drug-likeness (QED) is 0.378. The Morgan fingerprint density at radius 1 is 1.11 bits per heavy atom. The Labute approximate surface area is 221 Å². The van der Waals surface area contributed by atoms with Crippen molar-refractivity contribution in [2.24, 2.45) is 4.99 Å². The molecule has 38 heavy (non-hydrogen) atoms. The molecule has 0 unspecified atom stereocenters. The van der Waals surface area contributed by atoms with Crippen molar-refractivity contribution in [2.75, 3.05) is 6.61 Å². The fourth-order valence-corrected chi connectivity index (χ4v) is 5.63. The highest BCUT2D eigenvalue weighted by molar-refractivity contribution is 7.07. The van der Waals surface area contributed by atoms with Crippen molar-refractivity contribution >= 4 is 29.4 Å². The topological polar surface area (TPSA) is 111 Å². The lowest BCUT2D eigenvalue weighted by atomic mass is 9.96. The highest BCUT2D eigenvalue weighted by Crippen LogP contribution is 2.31. The predicted octanol–water partition coefficient (Wildman–Crippen LogP) is 4.06. The average Bonchev–Trinajstić information content (AvgIpc) is 3.48. The molecule has 1 aliphatic heterocycles. The molecule has 0 saturated heterocycles. The molecule has 1 N–H and O–H groups in total. The van der Waals surface area contributed by atoms with Gasteiger partial charge in [0.15, 0.2) is 4.80 Å². The number of allylic oxidation sites excluding steroid dienone is 1. The molecule has 1 aliphatic rings. The summed E-state index contributed by atoms with van der Waals surface area (Å²) in [6, 6.07) is 17.2. The minimum atomic E-state index is -1.04. The smallest absolute Gasteiger partial charge is 0.338 e. The number of aromatic nitrogens is 1. The molecule has 0 spiro atoms. The lowest BCUT2D eigenvalue weighted by Crippen LogP contribution is -2.39. The molecule has 0 aliphatic carbocycles. The van der Waals surface area contributed by atoms with Crippen molar-refractivity contribution in [3.63, 3.8) is 0 Å². The largest absolute Gasteiger partial charge is 0.478 e. The summed E-state index contributed by atoms with van der Waals surface area (Å²) in [7, 11) is 0. The summed E-state index contributed by atoms with van der Waals surface area (Å²) >= 11 is 1.19. The van der Waals surface area contributed by atoms with Gasteiger partial charge in [0.25, 0.3) is 5.56 Å². The van der Waals surface area contributed by atoms with Crippen LogP contribution in [-0.4, -0.2) is 28.2 Å². The molecule has 0 fully saturated rings. The fourth-order valence-electron chi connectivity index (χ4n) is 4.60. The van der Waals surface area contributed by atoms with Crippen molar-refractivity contribution in [2.45, 2.75) is 26.8 Å². The molecule has 9 heteroatoms. The summed E-state index contributed by atoms with van der Waals surface area (Å²) in [6.45, 7) is 5.40. The van der Waals surface area contributed by atoms with Crippen LogP contribution in [0.5, 0.6) is 0 Å². The van der Waals surface area contributed by atoms with Crippen LogP contribution in [0.1, 0.15) is 47.1 Å². The van der Waals surface area contributed by atoms with Crippen LogP contribution in [-0.2, 0) is 9.53 Å². The molecular weight excluding hydrogens is 504 g/mol. The minimum absolute atomic E-state index is 0.164. The molecule has 0 saturated carbocycles. The summed E-state index contributed by atoms with van der Waals surface area (Å²) in [5.74, 6) is -0.786. The summed E-state index contributed by atoms with van der Waals surface area (Å²) in [5, 5.41) is 9.67. The molecule has 0 radical (unpaired) electrons. The predicted molar refractivity (Wildman–Crippen MR) is 143 cm³/mol. The molecule has 3 heterocycles. The van der Waals surface area contributed by atoms with Gasteiger partial charge in [-0.05, 0) is 44.0 Å². The maximum atomic E-state index is 13.7. The number of hydrogen-bond donors (Lipinski definition) is 1. The monoisotopic (exact) mass is 528 g/mol. The van der Waals surface area contributed by atoms with Crippen LogP contribution in [0.4, 0.5) is 0 Å². The number of fused-ring (bicyclic) bond motifs is 1. The Morgan fingerprint density at radius 2 is 1.87 bits per heavy atom. The van der Waals surface area contributed by atoms with Gasteiger partial charge in [-0.15, -0.1) is 0 Å². The van der Waals surface area contributed by atoms with Gasteiger partial charge in [-0.2, -0.15) is 0 Å². The second-order valence-electron chi connectivity index (χ2n) is 8.72. The number of carboxylic acids is 1. The van der Waals surface area contributed by atoms with E-state index in [1.165, 1.54) is 15.9 Å². The van der Waals surface area contributed by atoms with E-state index >= 15 is 0 Å². The van der Waals surface area contributed by atoms with E-state index in [2.05, 4.69) is 4.99 Å². The van der Waals surface area contributed by atoms with Crippen molar-refractivity contribution < 1.29 is 23.8 Å². The number of nitrogens with zero attached hydrogens (tertiary/aromatic N) is 2. The third kappa shape index (κ3) is 4.41. The molecular formula is C29H24N2O6S. The SMILES string of the molecule is CCOC(=O)C1=C(C)N=c2s/c(=C/c3ccc(-c4cccc(C)c4C(=O)O)o3)c(=O)n2[C@H]1c1ccccc1. The molecule has 1 atom stereocenters. The maximum absolute atomic E-state index is 13.7. The van der Waals surface area contributed by atoms with Gasteiger partial charge in [0.1, 0.15) is 11.5 Å². The lowest BCUT2D eigenvalue weighted by Gasteiger charge is -2.24. The number of aryl methyl sites for hydroxylation is 1. The van der Waals surface area contributed by atoms with Crippen molar-refractivity contribution in [1.29, 1.82) is 0 Å². The number of carboxylic acid groups (broad SMARTS) is 1. The Hall–Kier alpha value is -4.50. The molecule has 2 aromatic heterocycles. The van der Waals surface area contributed by atoms with Gasteiger partial charge in [0.2, 0.25) is 0 Å². The zero-order valence-electron chi connectivity index (χ0n) is 20.9. The average molecular weight is 529 g/mol. The number of thiazole rings is 1. The summed E-state index contributed by atoms with van der Waals surface area (Å²) in [4.78, 5) is 43.5. The molecule has 4 aromatic rings. The van der Waals surface area contributed by atoms with E-state index in [-0.39, 0.29) is 17.7 Å². The van der Waals surface area contributed by atoms with E-state index in [0.29, 0.717) is 43.3 Å². The molecule has 0 amide bonds. The van der Waals surface area contributed by atoms with Gasteiger partial charge in [-0.3, -0.25) is 9.36 Å². The lowest BCUT2D eigenvalue weighted by molar-refractivity contribution is -0.139. The second kappa shape index (κ2) is 10.1. The van der Waals surface area contributed by atoms with E-state index in [1.807, 2.05) is 30.3 Å². The number of carbonyl (C=O) groups excluding carboxylic acids is 1. The van der Waals surface area contributed by atoms with Gasteiger partial charge in [0.05, 0.1) is 34.0 Å². The van der Waals surface area contributed by atoms with Gasteiger partial charge < -0.3 is 14.3 Å². The van der Waals surface area contributed by atoms with Crippen LogP contribution in [0.15, 0.2) is 86.1 Å². The number of hydrogen-bond acceptors (Lipinski definition) is 7. The third-order valence-corrected chi connectivity index (χ3v) is 7.27. The Balaban J connectivity index is 1.64. The number of esters is 1. The van der Waals surface area contributed by atoms with Crippen LogP contribution in [0.2, 0.25) is 0 Å². The zero-order valence-corrected chi connectivity index (χ0v) is 21.7. The van der Waals surface area contributed by atoms with Crippen molar-refractivity contribution in [3.05, 3.63) is 114 Å². The molecule has 2 aromatic carbocycles. The van der Waals surface area contributed by atoms with Crippen molar-refractivity contribution in [1.82, 2.24) is 4.57 Å². The fraction of sp³-hybridized carbons (Fsp3) is 0.172. The first-order chi connectivity index (χ1) is 18.3. The van der Waals surface area contributed by atoms with Crippen LogP contribution < -0.4 is 14.9 Å². The van der Waals surface area contributed by atoms with E-state index in [0.717, 1.165) is 5.56 Å². The Kier molecular flexibility index (Phi) is 6.69. The second-order valence-corrected chi connectivity index (χ2v) is 9.73. The van der Waals surface area contributed by atoms with E-state index in [9.17, 15) is 19.5 Å². The van der Waals surface area contributed by atoms with Crippen LogP contribution in [0.25, 0.3) is 17.4 Å². The number of carbonyl (C=O) groups is 2. The highest BCUT2D eigenvalue weighted by atomic mass is 32.1. The molecule has 8 nitrogen and oxygen atoms in total. The number of rotatable bonds is 6. The van der Waals surface area contributed by atoms with E-state index in [4.69, 9.17) is 9.15 Å². The van der Waals surface area contributed by atoms with Gasteiger partial charge in [-0.1, -0.05) is 59.9 Å². The van der Waals surface area contributed by atoms with Gasteiger partial charge in [0, 0.05) is 11.6 Å². The van der Waals surface area contributed by atoms with E-state index < -0.39 is 18.0 Å². The number of ether oxygens (including phenoxy) is 1. The zero-order chi connectivity index (χ0) is 27.0. The number of aromatic carboxylic acids is 1. The summed E-state index contributed by atoms with van der Waals surface area (Å²) in [5.41, 5.74) is 2.49. The summed E-state index contributed by atoms with van der Waals surface area (Å²) in [6.07, 6.45) is 1.61. The molecule has 5 rings (SSSR count). The number of furan rings is 1. The maximum Gasteiger partial charge on any atom is 0.338 e. The summed E-state index contributed by atoms with van der Waals surface area (Å²) < 4.78 is 13.1. The third-order valence-electron chi connectivity index (χ3n) is 6.28. The normalized spacial score (nSPS) is 15.2.